The molecule has 7 heteroatoms. The van der Waals surface area contributed by atoms with Gasteiger partial charge in [-0.3, -0.25) is 0 Å². The van der Waals surface area contributed by atoms with Gasteiger partial charge >= 0.3 is 7.67 Å². The summed E-state index contributed by atoms with van der Waals surface area (Å²) in [5.41, 5.74) is 2.02. The number of benzene rings is 1. The highest BCUT2D eigenvalue weighted by Gasteiger charge is 2.38. The van der Waals surface area contributed by atoms with E-state index < -0.39 is 7.67 Å². The first kappa shape index (κ1) is 21.2. The molecule has 1 aromatic carbocycles. The maximum absolute atomic E-state index is 13.8. The summed E-state index contributed by atoms with van der Waals surface area (Å²) in [6.07, 6.45) is 2.25. The highest BCUT2D eigenvalue weighted by atomic mass is 79.9. The fourth-order valence-corrected chi connectivity index (χ4v) is 5.81. The van der Waals surface area contributed by atoms with E-state index in [0.29, 0.717) is 38.5 Å². The van der Waals surface area contributed by atoms with E-state index in [1.165, 1.54) is 0 Å². The maximum Gasteiger partial charge on any atom is 0.397 e. The predicted octanol–water partition coefficient (Wildman–Crippen LogP) is 5.80. The third kappa shape index (κ3) is 4.80. The van der Waals surface area contributed by atoms with Gasteiger partial charge in [0.15, 0.2) is 0 Å². The Balaban J connectivity index is 2.32. The van der Waals surface area contributed by atoms with Crippen LogP contribution >= 0.6 is 23.6 Å². The number of hydrogen-bond acceptors (Lipinski definition) is 3. The Hall–Kier alpha value is -1.07. The molecule has 1 aromatic heterocycles. The van der Waals surface area contributed by atoms with E-state index >= 15 is 0 Å². The zero-order valence-electron chi connectivity index (χ0n) is 15.9. The van der Waals surface area contributed by atoms with Crippen LogP contribution in [0.3, 0.4) is 0 Å². The predicted molar refractivity (Wildman–Crippen MR) is 110 cm³/mol. The largest absolute Gasteiger partial charge is 0.434 e. The second kappa shape index (κ2) is 9.75. The Morgan fingerprint density at radius 1 is 1.04 bits per heavy atom. The third-order valence-corrected chi connectivity index (χ3v) is 7.82. The molecule has 0 atom stereocenters. The molecule has 0 spiro atoms. The first-order valence-corrected chi connectivity index (χ1v) is 11.4. The van der Waals surface area contributed by atoms with Gasteiger partial charge in [0.1, 0.15) is 0 Å². The molecule has 0 amide bonds. The fourth-order valence-electron chi connectivity index (χ4n) is 2.96. The minimum atomic E-state index is -3.21. The van der Waals surface area contributed by atoms with Crippen molar-refractivity contribution in [2.24, 2.45) is 0 Å². The van der Waals surface area contributed by atoms with Crippen LogP contribution in [0.2, 0.25) is 0 Å². The smallest absolute Gasteiger partial charge is 0.397 e. The van der Waals surface area contributed by atoms with Gasteiger partial charge in [-0.05, 0) is 23.8 Å². The lowest BCUT2D eigenvalue weighted by Crippen LogP contribution is -2.34. The van der Waals surface area contributed by atoms with Gasteiger partial charge in [-0.1, -0.05) is 55.8 Å². The summed E-state index contributed by atoms with van der Waals surface area (Å²) in [5, 5.41) is 0. The summed E-state index contributed by atoms with van der Waals surface area (Å²) in [5.74, 6) is 0.340. The van der Waals surface area contributed by atoms with Crippen molar-refractivity contribution >= 4 is 23.6 Å². The van der Waals surface area contributed by atoms with E-state index in [2.05, 4.69) is 28.1 Å². The molecule has 144 valence electrons. The van der Waals surface area contributed by atoms with E-state index in [4.69, 9.17) is 8.94 Å². The molecule has 0 aliphatic heterocycles. The van der Waals surface area contributed by atoms with Crippen LogP contribution in [0.4, 0.5) is 0 Å². The van der Waals surface area contributed by atoms with Crippen LogP contribution in [0.5, 0.6) is 5.95 Å². The summed E-state index contributed by atoms with van der Waals surface area (Å²) in [4.78, 5) is 0. The summed E-state index contributed by atoms with van der Waals surface area (Å²) >= 11 is 3.50. The Labute approximate surface area is 165 Å². The van der Waals surface area contributed by atoms with Gasteiger partial charge in [0.2, 0.25) is 0 Å². The molecule has 0 fully saturated rings. The third-order valence-electron chi connectivity index (χ3n) is 4.37. The van der Waals surface area contributed by atoms with Crippen LogP contribution in [0.25, 0.3) is 0 Å². The first-order chi connectivity index (χ1) is 12.5. The molecular weight excluding hydrogens is 415 g/mol. The number of furan rings is 1. The normalized spacial score (nSPS) is 12.1. The summed E-state index contributed by atoms with van der Waals surface area (Å²) in [6, 6.07) is 9.98. The molecule has 0 saturated heterocycles. The van der Waals surface area contributed by atoms with Gasteiger partial charge in [-0.25, -0.2) is 13.9 Å². The van der Waals surface area contributed by atoms with Crippen molar-refractivity contribution in [1.29, 1.82) is 0 Å². The van der Waals surface area contributed by atoms with E-state index in [1.807, 2.05) is 55.2 Å². The van der Waals surface area contributed by atoms with Crippen molar-refractivity contribution in [2.45, 2.75) is 34.1 Å². The Bertz CT molecular complexity index is 726. The number of rotatable bonds is 10. The quantitative estimate of drug-likeness (QED) is 0.434. The van der Waals surface area contributed by atoms with E-state index in [0.717, 1.165) is 15.6 Å². The molecule has 0 unspecified atom stereocenters. The van der Waals surface area contributed by atoms with Gasteiger partial charge < -0.3 is 8.94 Å². The molecule has 0 aliphatic carbocycles. The lowest BCUT2D eigenvalue weighted by atomic mass is 10.1. The zero-order valence-corrected chi connectivity index (χ0v) is 18.4. The maximum atomic E-state index is 13.8. The Morgan fingerprint density at radius 2 is 1.65 bits per heavy atom. The highest BCUT2D eigenvalue weighted by molar-refractivity contribution is 9.10. The van der Waals surface area contributed by atoms with Crippen LogP contribution in [0, 0.1) is 0 Å². The summed E-state index contributed by atoms with van der Waals surface area (Å²) in [7, 11) is -3.21. The monoisotopic (exact) mass is 442 g/mol. The number of halogens is 1. The molecule has 0 saturated carbocycles. The average Bonchev–Trinajstić information content (AvgIpc) is 3.03. The van der Waals surface area contributed by atoms with Crippen LogP contribution in [-0.2, 0) is 11.0 Å². The second-order valence-electron chi connectivity index (χ2n) is 5.90. The molecular formula is C19H28BrN2O3P. The first-order valence-electron chi connectivity index (χ1n) is 9.09. The lowest BCUT2D eigenvalue weighted by Gasteiger charge is -2.35. The van der Waals surface area contributed by atoms with Crippen molar-refractivity contribution in [2.75, 3.05) is 26.2 Å². The van der Waals surface area contributed by atoms with Crippen LogP contribution in [-0.4, -0.2) is 35.5 Å². The van der Waals surface area contributed by atoms with Gasteiger partial charge in [0.25, 0.3) is 5.95 Å². The topological polar surface area (TPSA) is 45.9 Å². The van der Waals surface area contributed by atoms with E-state index in [-0.39, 0.29) is 0 Å². The molecule has 2 aromatic rings. The summed E-state index contributed by atoms with van der Waals surface area (Å²) in [6.45, 7) is 10.6. The van der Waals surface area contributed by atoms with Crippen molar-refractivity contribution in [3.05, 3.63) is 52.2 Å². The van der Waals surface area contributed by atoms with Crippen LogP contribution < -0.4 is 4.52 Å². The van der Waals surface area contributed by atoms with Crippen molar-refractivity contribution < 1.29 is 13.5 Å². The Morgan fingerprint density at radius 3 is 2.19 bits per heavy atom. The van der Waals surface area contributed by atoms with Crippen molar-refractivity contribution in [3.8, 4) is 5.95 Å². The highest BCUT2D eigenvalue weighted by Crippen LogP contribution is 2.54. The van der Waals surface area contributed by atoms with Gasteiger partial charge in [0.05, 0.1) is 6.26 Å². The fraction of sp³-hybridized carbons (Fsp3) is 0.474. The van der Waals surface area contributed by atoms with Crippen molar-refractivity contribution in [1.82, 2.24) is 9.34 Å². The molecule has 0 bridgehead atoms. The van der Waals surface area contributed by atoms with E-state index in [1.54, 1.807) is 6.26 Å². The van der Waals surface area contributed by atoms with Gasteiger partial charge in [-0.15, -0.1) is 0 Å². The molecule has 0 N–H and O–H groups in total. The summed E-state index contributed by atoms with van der Waals surface area (Å²) < 4.78 is 30.3. The minimum Gasteiger partial charge on any atom is -0.434 e. The number of hydrogen-bond donors (Lipinski definition) is 0. The van der Waals surface area contributed by atoms with Crippen LogP contribution in [0.1, 0.15) is 38.8 Å². The average molecular weight is 443 g/mol. The molecule has 0 radical (unpaired) electrons. The minimum absolute atomic E-state index is 0.340. The molecule has 1 heterocycles. The van der Waals surface area contributed by atoms with Gasteiger partial charge in [0, 0.05) is 42.6 Å². The molecule has 0 aliphatic rings. The van der Waals surface area contributed by atoms with E-state index in [9.17, 15) is 4.57 Å². The van der Waals surface area contributed by atoms with Gasteiger partial charge in [-0.2, -0.15) is 0 Å². The second-order valence-corrected chi connectivity index (χ2v) is 9.11. The van der Waals surface area contributed by atoms with Crippen LogP contribution in [0.15, 0.2) is 45.5 Å². The SMILES string of the molecule is CCN(CC)P(=O)(Oc1occc1Cc1cccc(Br)c1)N(CC)CC. The molecule has 2 rings (SSSR count). The molecule has 26 heavy (non-hydrogen) atoms. The molecule has 5 nitrogen and oxygen atoms in total. The van der Waals surface area contributed by atoms with Crippen molar-refractivity contribution in [3.63, 3.8) is 0 Å². The number of nitrogens with zero attached hydrogens (tertiary/aromatic N) is 2. The lowest BCUT2D eigenvalue weighted by molar-refractivity contribution is 0.265. The zero-order chi connectivity index (χ0) is 19.2. The Kier molecular flexibility index (Phi) is 7.96. The standard InChI is InChI=1S/C19H28BrN2O3P/c1-5-21(6-2)26(23,22(7-3)8-4)25-19-17(12-13-24-19)14-16-10-9-11-18(20)15-16/h9-13,15H,5-8,14H2,1-4H3.